The number of hydrogen-bond donors (Lipinski definition) is 2. The monoisotopic (exact) mass is 266 g/mol. The molecule has 0 aliphatic heterocycles. The van der Waals surface area contributed by atoms with E-state index in [2.05, 4.69) is 5.16 Å². The standard InChI is InChI=1S/C14H19FN2O2/c15-13-8-10(14(16)17-18)6-7-11(13)9-19-12-4-2-1-3-5-12/h6-8,12,18H,1-5,9H2,(H2,16,17). The van der Waals surface area contributed by atoms with Crippen LogP contribution in [-0.2, 0) is 11.3 Å². The summed E-state index contributed by atoms with van der Waals surface area (Å²) in [6, 6.07) is 4.50. The summed E-state index contributed by atoms with van der Waals surface area (Å²) in [4.78, 5) is 0. The zero-order valence-corrected chi connectivity index (χ0v) is 10.8. The Balaban J connectivity index is 1.97. The van der Waals surface area contributed by atoms with E-state index in [1.165, 1.54) is 25.3 Å². The highest BCUT2D eigenvalue weighted by Crippen LogP contribution is 2.22. The van der Waals surface area contributed by atoms with Gasteiger partial charge in [0, 0.05) is 11.1 Å². The molecule has 1 saturated carbocycles. The van der Waals surface area contributed by atoms with Gasteiger partial charge in [-0.2, -0.15) is 0 Å². The van der Waals surface area contributed by atoms with Gasteiger partial charge in [-0.05, 0) is 18.9 Å². The highest BCUT2D eigenvalue weighted by molar-refractivity contribution is 5.97. The molecule has 1 aromatic rings. The molecule has 0 bridgehead atoms. The Morgan fingerprint density at radius 3 is 2.74 bits per heavy atom. The lowest BCUT2D eigenvalue weighted by Crippen LogP contribution is -2.17. The minimum absolute atomic E-state index is 0.0985. The molecule has 19 heavy (non-hydrogen) atoms. The fourth-order valence-corrected chi connectivity index (χ4v) is 2.32. The molecule has 1 aliphatic rings. The lowest BCUT2D eigenvalue weighted by Gasteiger charge is -2.22. The Morgan fingerprint density at radius 1 is 1.37 bits per heavy atom. The van der Waals surface area contributed by atoms with Gasteiger partial charge in [0.05, 0.1) is 12.7 Å². The molecule has 1 fully saturated rings. The normalized spacial score (nSPS) is 17.6. The Labute approximate surface area is 112 Å². The van der Waals surface area contributed by atoms with Crippen LogP contribution in [0.15, 0.2) is 23.4 Å². The van der Waals surface area contributed by atoms with Crippen LogP contribution in [0.3, 0.4) is 0 Å². The summed E-state index contributed by atoms with van der Waals surface area (Å²) in [6.07, 6.45) is 6.01. The third-order valence-corrected chi connectivity index (χ3v) is 3.48. The van der Waals surface area contributed by atoms with Crippen molar-refractivity contribution in [3.05, 3.63) is 35.1 Å². The van der Waals surface area contributed by atoms with Crippen molar-refractivity contribution in [1.29, 1.82) is 0 Å². The van der Waals surface area contributed by atoms with Gasteiger partial charge in [-0.3, -0.25) is 0 Å². The number of hydrogen-bond acceptors (Lipinski definition) is 3. The molecule has 2 rings (SSSR count). The zero-order valence-electron chi connectivity index (χ0n) is 10.8. The predicted octanol–water partition coefficient (Wildman–Crippen LogP) is 2.77. The van der Waals surface area contributed by atoms with E-state index in [0.29, 0.717) is 11.1 Å². The number of benzene rings is 1. The zero-order chi connectivity index (χ0) is 13.7. The quantitative estimate of drug-likeness (QED) is 0.381. The van der Waals surface area contributed by atoms with Gasteiger partial charge in [-0.1, -0.05) is 36.6 Å². The predicted molar refractivity (Wildman–Crippen MR) is 70.6 cm³/mol. The second-order valence-corrected chi connectivity index (χ2v) is 4.86. The fourth-order valence-electron chi connectivity index (χ4n) is 2.32. The van der Waals surface area contributed by atoms with Crippen LogP contribution in [0.5, 0.6) is 0 Å². The van der Waals surface area contributed by atoms with E-state index in [0.717, 1.165) is 12.8 Å². The summed E-state index contributed by atoms with van der Waals surface area (Å²) in [5.74, 6) is -0.487. The van der Waals surface area contributed by atoms with Crippen molar-refractivity contribution < 1.29 is 14.3 Å². The topological polar surface area (TPSA) is 67.8 Å². The van der Waals surface area contributed by atoms with Crippen molar-refractivity contribution in [2.75, 3.05) is 0 Å². The van der Waals surface area contributed by atoms with Crippen LogP contribution in [-0.4, -0.2) is 17.1 Å². The highest BCUT2D eigenvalue weighted by atomic mass is 19.1. The van der Waals surface area contributed by atoms with Gasteiger partial charge < -0.3 is 15.7 Å². The van der Waals surface area contributed by atoms with Gasteiger partial charge in [0.25, 0.3) is 0 Å². The summed E-state index contributed by atoms with van der Waals surface area (Å²) in [5.41, 5.74) is 6.27. The molecule has 5 heteroatoms. The number of halogens is 1. The number of oxime groups is 1. The molecule has 0 heterocycles. The molecular weight excluding hydrogens is 247 g/mol. The molecule has 1 aliphatic carbocycles. The highest BCUT2D eigenvalue weighted by Gasteiger charge is 2.15. The second kappa shape index (κ2) is 6.52. The van der Waals surface area contributed by atoms with E-state index < -0.39 is 0 Å². The number of amidine groups is 1. The number of rotatable bonds is 4. The van der Waals surface area contributed by atoms with Gasteiger partial charge in [-0.25, -0.2) is 4.39 Å². The van der Waals surface area contributed by atoms with E-state index in [-0.39, 0.29) is 24.4 Å². The second-order valence-electron chi connectivity index (χ2n) is 4.86. The van der Waals surface area contributed by atoms with E-state index in [4.69, 9.17) is 15.7 Å². The summed E-state index contributed by atoms with van der Waals surface area (Å²) in [6.45, 7) is 0.271. The minimum atomic E-state index is -0.389. The maximum absolute atomic E-state index is 13.8. The van der Waals surface area contributed by atoms with Crippen molar-refractivity contribution >= 4 is 5.84 Å². The smallest absolute Gasteiger partial charge is 0.170 e. The van der Waals surface area contributed by atoms with Crippen molar-refractivity contribution in [2.45, 2.75) is 44.8 Å². The molecule has 3 N–H and O–H groups in total. The third-order valence-electron chi connectivity index (χ3n) is 3.48. The summed E-state index contributed by atoms with van der Waals surface area (Å²) in [5, 5.41) is 11.4. The molecule has 0 atom stereocenters. The molecule has 0 saturated heterocycles. The van der Waals surface area contributed by atoms with Gasteiger partial charge >= 0.3 is 0 Å². The van der Waals surface area contributed by atoms with E-state index in [1.807, 2.05) is 0 Å². The fraction of sp³-hybridized carbons (Fsp3) is 0.500. The Bertz CT molecular complexity index is 457. The molecule has 0 amide bonds. The average Bonchev–Trinajstić information content (AvgIpc) is 2.46. The minimum Gasteiger partial charge on any atom is -0.409 e. The van der Waals surface area contributed by atoms with Gasteiger partial charge in [0.15, 0.2) is 5.84 Å². The SMILES string of the molecule is N/C(=N\O)c1ccc(COC2CCCCC2)c(F)c1. The lowest BCUT2D eigenvalue weighted by atomic mass is 9.98. The van der Waals surface area contributed by atoms with Crippen LogP contribution in [0.4, 0.5) is 4.39 Å². The molecule has 0 spiro atoms. The average molecular weight is 266 g/mol. The largest absolute Gasteiger partial charge is 0.409 e. The molecule has 0 aromatic heterocycles. The van der Waals surface area contributed by atoms with Crippen LogP contribution in [0.1, 0.15) is 43.2 Å². The molecular formula is C14H19FN2O2. The first-order valence-electron chi connectivity index (χ1n) is 6.58. The van der Waals surface area contributed by atoms with Crippen molar-refractivity contribution in [1.82, 2.24) is 0 Å². The first kappa shape index (κ1) is 13.8. The van der Waals surface area contributed by atoms with E-state index in [9.17, 15) is 4.39 Å². The third kappa shape index (κ3) is 3.67. The Hall–Kier alpha value is -1.62. The summed E-state index contributed by atoms with van der Waals surface area (Å²) in [7, 11) is 0. The van der Waals surface area contributed by atoms with Crippen LogP contribution < -0.4 is 5.73 Å². The molecule has 104 valence electrons. The van der Waals surface area contributed by atoms with Crippen LogP contribution in [0, 0.1) is 5.82 Å². The van der Waals surface area contributed by atoms with Gasteiger partial charge in [0.1, 0.15) is 5.82 Å². The van der Waals surface area contributed by atoms with Crippen LogP contribution >= 0.6 is 0 Å². The molecule has 0 radical (unpaired) electrons. The Morgan fingerprint density at radius 2 is 2.11 bits per heavy atom. The summed E-state index contributed by atoms with van der Waals surface area (Å²) < 4.78 is 19.6. The van der Waals surface area contributed by atoms with Gasteiger partial charge in [-0.15, -0.1) is 0 Å². The van der Waals surface area contributed by atoms with E-state index in [1.54, 1.807) is 12.1 Å². The Kier molecular flexibility index (Phi) is 4.74. The van der Waals surface area contributed by atoms with E-state index >= 15 is 0 Å². The summed E-state index contributed by atoms with van der Waals surface area (Å²) >= 11 is 0. The maximum atomic E-state index is 13.8. The number of nitrogens with two attached hydrogens (primary N) is 1. The number of ether oxygens (including phenoxy) is 1. The first-order chi connectivity index (χ1) is 9.20. The van der Waals surface area contributed by atoms with Crippen molar-refractivity contribution in [3.8, 4) is 0 Å². The van der Waals surface area contributed by atoms with Crippen molar-refractivity contribution in [2.24, 2.45) is 10.9 Å². The van der Waals surface area contributed by atoms with Gasteiger partial charge in [0.2, 0.25) is 0 Å². The van der Waals surface area contributed by atoms with Crippen LogP contribution in [0.25, 0.3) is 0 Å². The molecule has 1 aromatic carbocycles. The maximum Gasteiger partial charge on any atom is 0.170 e. The molecule has 4 nitrogen and oxygen atoms in total. The lowest BCUT2D eigenvalue weighted by molar-refractivity contribution is 0.0156. The van der Waals surface area contributed by atoms with Crippen LogP contribution in [0.2, 0.25) is 0 Å². The number of nitrogens with zero attached hydrogens (tertiary/aromatic N) is 1. The first-order valence-corrected chi connectivity index (χ1v) is 6.58. The van der Waals surface area contributed by atoms with Crippen molar-refractivity contribution in [3.63, 3.8) is 0 Å². The molecule has 0 unspecified atom stereocenters.